The molecule has 0 saturated carbocycles. The van der Waals surface area contributed by atoms with Gasteiger partial charge in [-0.25, -0.2) is 4.98 Å². The maximum atomic E-state index is 12.1. The predicted octanol–water partition coefficient (Wildman–Crippen LogP) is 3.80. The maximum Gasteiger partial charge on any atom is 0.422 e. The molecule has 2 amide bonds. The summed E-state index contributed by atoms with van der Waals surface area (Å²) < 4.78 is 40.8. The second kappa shape index (κ2) is 8.76. The molecule has 1 aliphatic heterocycles. The molecule has 0 bridgehead atoms. The Morgan fingerprint density at radius 3 is 2.55 bits per heavy atom. The number of benzene rings is 1. The first-order valence-corrected chi connectivity index (χ1v) is 8.85. The molecular formula is C20H18F3N3O3. The Morgan fingerprint density at radius 1 is 1.21 bits per heavy atom. The van der Waals surface area contributed by atoms with Crippen molar-refractivity contribution < 1.29 is 27.5 Å². The van der Waals surface area contributed by atoms with E-state index in [1.54, 1.807) is 23.1 Å². The van der Waals surface area contributed by atoms with Crippen LogP contribution in [0.2, 0.25) is 0 Å². The van der Waals surface area contributed by atoms with Gasteiger partial charge >= 0.3 is 6.18 Å². The number of pyridine rings is 1. The van der Waals surface area contributed by atoms with Crippen LogP contribution in [0.5, 0.6) is 5.88 Å². The Balaban J connectivity index is 1.52. The number of anilines is 2. The normalized spacial score (nSPS) is 14.4. The predicted molar refractivity (Wildman–Crippen MR) is 101 cm³/mol. The summed E-state index contributed by atoms with van der Waals surface area (Å²) in [5, 5.41) is 2.55. The van der Waals surface area contributed by atoms with Crippen molar-refractivity contribution in [2.75, 3.05) is 23.4 Å². The molecule has 0 spiro atoms. The van der Waals surface area contributed by atoms with Gasteiger partial charge in [0.2, 0.25) is 17.7 Å². The molecule has 1 aliphatic rings. The number of carbonyl (C=O) groups excluding carboxylic acids is 2. The summed E-state index contributed by atoms with van der Waals surface area (Å²) in [5.41, 5.74) is 1.93. The van der Waals surface area contributed by atoms with Crippen molar-refractivity contribution in [1.29, 1.82) is 0 Å². The summed E-state index contributed by atoms with van der Waals surface area (Å²) in [5.74, 6) is -0.502. The molecular weight excluding hydrogens is 387 g/mol. The van der Waals surface area contributed by atoms with E-state index in [-0.39, 0.29) is 11.8 Å². The van der Waals surface area contributed by atoms with Crippen LogP contribution < -0.4 is 15.0 Å². The highest BCUT2D eigenvalue weighted by Gasteiger charge is 2.28. The third-order valence-corrected chi connectivity index (χ3v) is 4.09. The monoisotopic (exact) mass is 405 g/mol. The van der Waals surface area contributed by atoms with Crippen molar-refractivity contribution in [3.63, 3.8) is 0 Å². The highest BCUT2D eigenvalue weighted by molar-refractivity contribution is 6.02. The fraction of sp³-hybridized carbons (Fsp3) is 0.250. The topological polar surface area (TPSA) is 71.5 Å². The van der Waals surface area contributed by atoms with E-state index < -0.39 is 18.7 Å². The van der Waals surface area contributed by atoms with Gasteiger partial charge < -0.3 is 15.0 Å². The summed E-state index contributed by atoms with van der Waals surface area (Å²) in [6, 6.07) is 9.89. The summed E-state index contributed by atoms with van der Waals surface area (Å²) in [6.45, 7) is -0.719. The molecule has 2 aromatic rings. The van der Waals surface area contributed by atoms with E-state index in [0.29, 0.717) is 18.7 Å². The van der Waals surface area contributed by atoms with Crippen molar-refractivity contribution in [2.24, 2.45) is 0 Å². The third-order valence-electron chi connectivity index (χ3n) is 4.09. The Labute approximate surface area is 165 Å². The molecule has 1 aromatic heterocycles. The van der Waals surface area contributed by atoms with E-state index in [9.17, 15) is 22.8 Å². The fourth-order valence-corrected chi connectivity index (χ4v) is 2.74. The Kier molecular flexibility index (Phi) is 6.16. The third kappa shape index (κ3) is 6.06. The van der Waals surface area contributed by atoms with Crippen LogP contribution in [0.3, 0.4) is 0 Å². The number of hydrogen-bond donors (Lipinski definition) is 1. The average Bonchev–Trinajstić information content (AvgIpc) is 3.11. The van der Waals surface area contributed by atoms with Crippen molar-refractivity contribution in [2.45, 2.75) is 19.0 Å². The second-order valence-corrected chi connectivity index (χ2v) is 6.35. The molecule has 0 unspecified atom stereocenters. The number of aromatic nitrogens is 1. The number of rotatable bonds is 6. The first kappa shape index (κ1) is 20.4. The lowest BCUT2D eigenvalue weighted by Gasteiger charge is -2.15. The first-order valence-electron chi connectivity index (χ1n) is 8.85. The van der Waals surface area contributed by atoms with E-state index in [1.165, 1.54) is 24.4 Å². The Hall–Kier alpha value is -3.36. The molecule has 2 heterocycles. The highest BCUT2D eigenvalue weighted by atomic mass is 19.4. The van der Waals surface area contributed by atoms with E-state index >= 15 is 0 Å². The highest BCUT2D eigenvalue weighted by Crippen LogP contribution is 2.22. The standard InChI is InChI=1S/C20H18F3N3O3/c21-20(22,23)13-29-18-10-6-15(12-24-18)25-17(27)9-5-14-3-7-16(8-4-14)26-11-1-2-19(26)28/h3-10,12H,1-2,11,13H2,(H,25,27)/b9-5+. The largest absolute Gasteiger partial charge is 0.468 e. The molecule has 1 saturated heterocycles. The minimum absolute atomic E-state index is 0.108. The van der Waals surface area contributed by atoms with Crippen LogP contribution in [-0.4, -0.2) is 36.1 Å². The molecule has 29 heavy (non-hydrogen) atoms. The van der Waals surface area contributed by atoms with E-state index in [4.69, 9.17) is 0 Å². The quantitative estimate of drug-likeness (QED) is 0.742. The molecule has 1 N–H and O–H groups in total. The number of halogens is 3. The SMILES string of the molecule is O=C(/C=C/c1ccc(N2CCCC2=O)cc1)Nc1ccc(OCC(F)(F)F)nc1. The maximum absolute atomic E-state index is 12.1. The van der Waals surface area contributed by atoms with Crippen LogP contribution in [0.1, 0.15) is 18.4 Å². The molecule has 6 nitrogen and oxygen atoms in total. The molecule has 1 aromatic carbocycles. The molecule has 0 aliphatic carbocycles. The number of amides is 2. The molecule has 152 valence electrons. The minimum Gasteiger partial charge on any atom is -0.468 e. The zero-order chi connectivity index (χ0) is 20.9. The fourth-order valence-electron chi connectivity index (χ4n) is 2.74. The lowest BCUT2D eigenvalue weighted by Crippen LogP contribution is -2.23. The summed E-state index contributed by atoms with van der Waals surface area (Å²) in [6.07, 6.45) is 1.11. The smallest absolute Gasteiger partial charge is 0.422 e. The second-order valence-electron chi connectivity index (χ2n) is 6.35. The molecule has 0 atom stereocenters. The Bertz CT molecular complexity index is 894. The van der Waals surface area contributed by atoms with Gasteiger partial charge in [-0.1, -0.05) is 12.1 Å². The van der Waals surface area contributed by atoms with Gasteiger partial charge in [0.25, 0.3) is 0 Å². The molecule has 1 fully saturated rings. The number of nitrogens with zero attached hydrogens (tertiary/aromatic N) is 2. The summed E-state index contributed by atoms with van der Waals surface area (Å²) in [4.78, 5) is 29.2. The van der Waals surface area contributed by atoms with Crippen LogP contribution in [0.15, 0.2) is 48.7 Å². The minimum atomic E-state index is -4.44. The number of carbonyl (C=O) groups is 2. The Morgan fingerprint density at radius 2 is 1.97 bits per heavy atom. The van der Waals surface area contributed by atoms with Crippen molar-refractivity contribution in [1.82, 2.24) is 4.98 Å². The van der Waals surface area contributed by atoms with Gasteiger partial charge in [-0.2, -0.15) is 13.2 Å². The summed E-state index contributed by atoms with van der Waals surface area (Å²) in [7, 11) is 0. The van der Waals surface area contributed by atoms with Crippen molar-refractivity contribution in [3.8, 4) is 5.88 Å². The van der Waals surface area contributed by atoms with Crippen molar-refractivity contribution >= 4 is 29.3 Å². The van der Waals surface area contributed by atoms with Crippen LogP contribution in [0.25, 0.3) is 6.08 Å². The van der Waals surface area contributed by atoms with E-state index in [2.05, 4.69) is 15.0 Å². The van der Waals surface area contributed by atoms with Gasteiger partial charge in [-0.3, -0.25) is 9.59 Å². The van der Waals surface area contributed by atoms with Crippen LogP contribution in [-0.2, 0) is 9.59 Å². The molecule has 0 radical (unpaired) electrons. The van der Waals surface area contributed by atoms with Gasteiger partial charge in [0.1, 0.15) is 0 Å². The number of nitrogens with one attached hydrogen (secondary N) is 1. The lowest BCUT2D eigenvalue weighted by molar-refractivity contribution is -0.154. The average molecular weight is 405 g/mol. The molecule has 3 rings (SSSR count). The first-order chi connectivity index (χ1) is 13.8. The number of hydrogen-bond acceptors (Lipinski definition) is 4. The zero-order valence-corrected chi connectivity index (χ0v) is 15.3. The van der Waals surface area contributed by atoms with Crippen LogP contribution in [0, 0.1) is 0 Å². The summed E-state index contributed by atoms with van der Waals surface area (Å²) >= 11 is 0. The van der Waals surface area contributed by atoms with Gasteiger partial charge in [0, 0.05) is 30.8 Å². The van der Waals surface area contributed by atoms with E-state index in [0.717, 1.165) is 17.7 Å². The van der Waals surface area contributed by atoms with Gasteiger partial charge in [-0.15, -0.1) is 0 Å². The molecule has 9 heteroatoms. The zero-order valence-electron chi connectivity index (χ0n) is 15.3. The lowest BCUT2D eigenvalue weighted by atomic mass is 10.2. The van der Waals surface area contributed by atoms with Gasteiger partial charge in [0.15, 0.2) is 6.61 Å². The van der Waals surface area contributed by atoms with Crippen molar-refractivity contribution in [3.05, 3.63) is 54.2 Å². The number of alkyl halides is 3. The number of ether oxygens (including phenoxy) is 1. The van der Waals surface area contributed by atoms with E-state index in [1.807, 2.05) is 12.1 Å². The van der Waals surface area contributed by atoms with Gasteiger partial charge in [0.05, 0.1) is 11.9 Å². The van der Waals surface area contributed by atoms with Crippen LogP contribution in [0.4, 0.5) is 24.5 Å². The van der Waals surface area contributed by atoms with Gasteiger partial charge in [-0.05, 0) is 36.3 Å². The van der Waals surface area contributed by atoms with Crippen LogP contribution >= 0.6 is 0 Å².